The first kappa shape index (κ1) is 17.6. The lowest BCUT2D eigenvalue weighted by Gasteiger charge is -2.17. The lowest BCUT2D eigenvalue weighted by molar-refractivity contribution is -0.137. The van der Waals surface area contributed by atoms with Gasteiger partial charge in [0.1, 0.15) is 0 Å². The van der Waals surface area contributed by atoms with Gasteiger partial charge in [-0.25, -0.2) is 4.98 Å². The minimum absolute atomic E-state index is 0.113. The molecule has 2 aromatic heterocycles. The van der Waals surface area contributed by atoms with Crippen LogP contribution in [0.15, 0.2) is 34.9 Å². The normalized spacial score (nSPS) is 10.9. The Morgan fingerprint density at radius 3 is 2.54 bits per heavy atom. The molecule has 0 radical (unpaired) electrons. The van der Waals surface area contributed by atoms with Crippen molar-refractivity contribution >= 4 is 23.0 Å². The Labute approximate surface area is 150 Å². The molecule has 0 unspecified atom stereocenters. The van der Waals surface area contributed by atoms with E-state index in [1.807, 2.05) is 31.2 Å². The Morgan fingerprint density at radius 1 is 1.19 bits per heavy atom. The standard InChI is InChI=1S/C19H19N3O4/c1-11-4-6-13(7-5-11)15-10-14(17-12(2)21-26-18(17)20-15)19(25)22(3)9-8-16(23)24/h4-7,10H,8-9H2,1-3H3,(H,23,24). The van der Waals surface area contributed by atoms with Crippen LogP contribution in [0.2, 0.25) is 0 Å². The maximum absolute atomic E-state index is 12.9. The molecule has 26 heavy (non-hydrogen) atoms. The maximum atomic E-state index is 12.9. The molecule has 0 aliphatic carbocycles. The number of carbonyl (C=O) groups excluding carboxylic acids is 1. The van der Waals surface area contributed by atoms with Gasteiger partial charge in [0.05, 0.1) is 28.8 Å². The van der Waals surface area contributed by atoms with E-state index in [0.29, 0.717) is 22.3 Å². The number of hydrogen-bond donors (Lipinski definition) is 1. The Balaban J connectivity index is 2.07. The molecule has 0 bridgehead atoms. The van der Waals surface area contributed by atoms with Crippen molar-refractivity contribution in [1.29, 1.82) is 0 Å². The van der Waals surface area contributed by atoms with Gasteiger partial charge in [-0.1, -0.05) is 35.0 Å². The zero-order chi connectivity index (χ0) is 18.8. The predicted octanol–water partition coefficient (Wildman–Crippen LogP) is 3.05. The first-order chi connectivity index (χ1) is 12.4. The second kappa shape index (κ2) is 6.95. The maximum Gasteiger partial charge on any atom is 0.305 e. The van der Waals surface area contributed by atoms with E-state index in [0.717, 1.165) is 11.1 Å². The molecule has 1 N–H and O–H groups in total. The van der Waals surface area contributed by atoms with Gasteiger partial charge in [-0.15, -0.1) is 0 Å². The van der Waals surface area contributed by atoms with Crippen molar-refractivity contribution in [3.8, 4) is 11.3 Å². The monoisotopic (exact) mass is 353 g/mol. The van der Waals surface area contributed by atoms with E-state index in [2.05, 4.69) is 10.1 Å². The highest BCUT2D eigenvalue weighted by Gasteiger charge is 2.22. The molecule has 134 valence electrons. The largest absolute Gasteiger partial charge is 0.481 e. The van der Waals surface area contributed by atoms with Gasteiger partial charge in [-0.05, 0) is 19.9 Å². The quantitative estimate of drug-likeness (QED) is 0.757. The fraction of sp³-hybridized carbons (Fsp3) is 0.263. The Morgan fingerprint density at radius 2 is 1.88 bits per heavy atom. The van der Waals surface area contributed by atoms with Crippen molar-refractivity contribution in [3.63, 3.8) is 0 Å². The first-order valence-electron chi connectivity index (χ1n) is 8.18. The lowest BCUT2D eigenvalue weighted by Crippen LogP contribution is -2.29. The minimum atomic E-state index is -0.953. The number of aromatic nitrogens is 2. The van der Waals surface area contributed by atoms with E-state index in [1.54, 1.807) is 20.0 Å². The van der Waals surface area contributed by atoms with E-state index in [4.69, 9.17) is 9.63 Å². The van der Waals surface area contributed by atoms with Crippen LogP contribution >= 0.6 is 0 Å². The van der Waals surface area contributed by atoms with Crippen molar-refractivity contribution in [3.05, 3.63) is 47.2 Å². The molecule has 0 fully saturated rings. The van der Waals surface area contributed by atoms with Gasteiger partial charge in [0.2, 0.25) is 0 Å². The number of hydrogen-bond acceptors (Lipinski definition) is 5. The van der Waals surface area contributed by atoms with E-state index in [-0.39, 0.29) is 24.6 Å². The number of aliphatic carboxylic acids is 1. The van der Waals surface area contributed by atoms with E-state index >= 15 is 0 Å². The molecule has 1 aromatic carbocycles. The average molecular weight is 353 g/mol. The molecule has 0 saturated carbocycles. The average Bonchev–Trinajstić information content (AvgIpc) is 3.00. The summed E-state index contributed by atoms with van der Waals surface area (Å²) >= 11 is 0. The molecule has 0 aliphatic rings. The van der Waals surface area contributed by atoms with Crippen LogP contribution in [0.1, 0.15) is 28.0 Å². The van der Waals surface area contributed by atoms with Gasteiger partial charge in [0.25, 0.3) is 11.6 Å². The summed E-state index contributed by atoms with van der Waals surface area (Å²) in [6.07, 6.45) is -0.121. The molecular formula is C19H19N3O4. The summed E-state index contributed by atoms with van der Waals surface area (Å²) in [4.78, 5) is 29.5. The zero-order valence-corrected chi connectivity index (χ0v) is 14.8. The summed E-state index contributed by atoms with van der Waals surface area (Å²) in [5.74, 6) is -1.25. The summed E-state index contributed by atoms with van der Waals surface area (Å²) in [7, 11) is 1.58. The third-order valence-electron chi connectivity index (χ3n) is 4.20. The van der Waals surface area contributed by atoms with Crippen LogP contribution in [-0.2, 0) is 4.79 Å². The highest BCUT2D eigenvalue weighted by molar-refractivity contribution is 6.07. The molecule has 2 heterocycles. The minimum Gasteiger partial charge on any atom is -0.481 e. The van der Waals surface area contributed by atoms with E-state index in [1.165, 1.54) is 4.90 Å². The lowest BCUT2D eigenvalue weighted by atomic mass is 10.0. The number of amides is 1. The number of rotatable bonds is 5. The molecule has 0 aliphatic heterocycles. The van der Waals surface area contributed by atoms with Crippen molar-refractivity contribution in [2.75, 3.05) is 13.6 Å². The second-order valence-corrected chi connectivity index (χ2v) is 6.24. The smallest absolute Gasteiger partial charge is 0.305 e. The van der Waals surface area contributed by atoms with Crippen molar-refractivity contribution < 1.29 is 19.2 Å². The molecule has 3 aromatic rings. The van der Waals surface area contributed by atoms with Crippen LogP contribution in [0.5, 0.6) is 0 Å². The Hall–Kier alpha value is -3.22. The number of aryl methyl sites for hydroxylation is 2. The fourth-order valence-corrected chi connectivity index (χ4v) is 2.71. The third-order valence-corrected chi connectivity index (χ3v) is 4.20. The number of fused-ring (bicyclic) bond motifs is 1. The number of carbonyl (C=O) groups is 2. The fourth-order valence-electron chi connectivity index (χ4n) is 2.71. The predicted molar refractivity (Wildman–Crippen MR) is 95.9 cm³/mol. The molecule has 7 heteroatoms. The Bertz CT molecular complexity index is 976. The highest BCUT2D eigenvalue weighted by atomic mass is 16.5. The van der Waals surface area contributed by atoms with Crippen molar-refractivity contribution in [1.82, 2.24) is 15.0 Å². The highest BCUT2D eigenvalue weighted by Crippen LogP contribution is 2.28. The number of nitrogens with zero attached hydrogens (tertiary/aromatic N) is 3. The van der Waals surface area contributed by atoms with Gasteiger partial charge in [-0.2, -0.15) is 0 Å². The Kier molecular flexibility index (Phi) is 4.71. The van der Waals surface area contributed by atoms with Crippen LogP contribution in [0.4, 0.5) is 0 Å². The van der Waals surface area contributed by atoms with Crippen LogP contribution in [0, 0.1) is 13.8 Å². The van der Waals surface area contributed by atoms with Gasteiger partial charge in [0.15, 0.2) is 0 Å². The first-order valence-corrected chi connectivity index (χ1v) is 8.18. The van der Waals surface area contributed by atoms with Crippen molar-refractivity contribution in [2.45, 2.75) is 20.3 Å². The van der Waals surface area contributed by atoms with Crippen LogP contribution in [0.25, 0.3) is 22.4 Å². The van der Waals surface area contributed by atoms with Crippen molar-refractivity contribution in [2.24, 2.45) is 0 Å². The third kappa shape index (κ3) is 3.42. The molecule has 0 spiro atoms. The summed E-state index contributed by atoms with van der Waals surface area (Å²) in [5, 5.41) is 13.3. The van der Waals surface area contributed by atoms with E-state index in [9.17, 15) is 9.59 Å². The topological polar surface area (TPSA) is 96.5 Å². The number of carboxylic acids is 1. The van der Waals surface area contributed by atoms with Gasteiger partial charge in [-0.3, -0.25) is 9.59 Å². The summed E-state index contributed by atoms with van der Waals surface area (Å²) in [6, 6.07) is 9.49. The van der Waals surface area contributed by atoms with Crippen LogP contribution in [0.3, 0.4) is 0 Å². The van der Waals surface area contributed by atoms with E-state index < -0.39 is 5.97 Å². The van der Waals surface area contributed by atoms with Crippen LogP contribution < -0.4 is 0 Å². The van der Waals surface area contributed by atoms with Gasteiger partial charge < -0.3 is 14.5 Å². The number of pyridine rings is 1. The van der Waals surface area contributed by atoms with Gasteiger partial charge >= 0.3 is 5.97 Å². The molecule has 3 rings (SSSR count). The van der Waals surface area contributed by atoms with Crippen LogP contribution in [-0.4, -0.2) is 45.6 Å². The molecular weight excluding hydrogens is 334 g/mol. The molecule has 7 nitrogen and oxygen atoms in total. The molecule has 0 atom stereocenters. The summed E-state index contributed by atoms with van der Waals surface area (Å²) in [6.45, 7) is 3.85. The molecule has 1 amide bonds. The molecule has 0 saturated heterocycles. The second-order valence-electron chi connectivity index (χ2n) is 6.24. The zero-order valence-electron chi connectivity index (χ0n) is 14.8. The number of benzene rings is 1. The summed E-state index contributed by atoms with van der Waals surface area (Å²) in [5.41, 5.74) is 3.83. The number of carboxylic acid groups (broad SMARTS) is 1. The summed E-state index contributed by atoms with van der Waals surface area (Å²) < 4.78 is 5.28. The SMILES string of the molecule is Cc1ccc(-c2cc(C(=O)N(C)CCC(=O)O)c3c(C)noc3n2)cc1. The van der Waals surface area contributed by atoms with Gasteiger partial charge in [0, 0.05) is 19.2 Å².